The molecule has 0 radical (unpaired) electrons. The van der Waals surface area contributed by atoms with Gasteiger partial charge in [-0.15, -0.1) is 0 Å². The molecule has 0 spiro atoms. The molecule has 10 heteroatoms. The van der Waals surface area contributed by atoms with Crippen molar-refractivity contribution < 1.29 is 32.5 Å². The Kier molecular flexibility index (Phi) is 8.13. The fraction of sp³-hybridized carbons (Fsp3) is 0.450. The molecule has 1 aromatic heterocycles. The number of alkyl halides is 3. The zero-order chi connectivity index (χ0) is 22.3. The predicted octanol–water partition coefficient (Wildman–Crippen LogP) is 4.37. The van der Waals surface area contributed by atoms with Gasteiger partial charge in [-0.2, -0.15) is 13.2 Å². The molecule has 0 saturated heterocycles. The van der Waals surface area contributed by atoms with E-state index in [4.69, 9.17) is 14.6 Å². The molecule has 0 bridgehead atoms. The number of benzene rings is 1. The van der Waals surface area contributed by atoms with Gasteiger partial charge < -0.3 is 19.9 Å². The minimum atomic E-state index is -4.63. The number of rotatable bonds is 10. The first-order valence-electron chi connectivity index (χ1n) is 9.24. The lowest BCUT2D eigenvalue weighted by Crippen LogP contribution is -2.24. The number of hydrogen-bond acceptors (Lipinski definition) is 6. The first kappa shape index (κ1) is 23.6. The van der Waals surface area contributed by atoms with Crippen LogP contribution in [-0.4, -0.2) is 47.5 Å². The van der Waals surface area contributed by atoms with Crippen LogP contribution in [0.5, 0.6) is 0 Å². The molecule has 1 aromatic carbocycles. The monoisotopic (exact) mass is 427 g/mol. The van der Waals surface area contributed by atoms with Crippen LogP contribution in [0.2, 0.25) is 0 Å². The van der Waals surface area contributed by atoms with E-state index in [9.17, 15) is 18.0 Å². The zero-order valence-corrected chi connectivity index (χ0v) is 16.9. The SMILES string of the molecule is CCO[C@H](c1ccc(C(COC)CC(=O)O)cc1Nc1cnc(C)nc1)C(F)(F)F. The number of hydrogen-bond donors (Lipinski definition) is 2. The molecule has 30 heavy (non-hydrogen) atoms. The molecule has 2 aromatic rings. The van der Waals surface area contributed by atoms with Gasteiger partial charge in [-0.1, -0.05) is 12.1 Å². The fourth-order valence-corrected chi connectivity index (χ4v) is 2.99. The quantitative estimate of drug-likeness (QED) is 0.581. The molecule has 0 aliphatic heterocycles. The molecule has 0 aliphatic rings. The van der Waals surface area contributed by atoms with Gasteiger partial charge in [0.2, 0.25) is 0 Å². The molecule has 1 unspecified atom stereocenters. The van der Waals surface area contributed by atoms with Gasteiger partial charge in [0, 0.05) is 30.9 Å². The van der Waals surface area contributed by atoms with Crippen LogP contribution in [0.1, 0.15) is 42.3 Å². The summed E-state index contributed by atoms with van der Waals surface area (Å²) in [4.78, 5) is 19.3. The fourth-order valence-electron chi connectivity index (χ4n) is 2.99. The first-order valence-corrected chi connectivity index (χ1v) is 9.24. The lowest BCUT2D eigenvalue weighted by atomic mass is 9.93. The number of aromatic nitrogens is 2. The average Bonchev–Trinajstić information content (AvgIpc) is 2.67. The summed E-state index contributed by atoms with van der Waals surface area (Å²) in [6, 6.07) is 4.25. The standard InChI is InChI=1S/C20H24F3N3O4/c1-4-30-19(20(21,22)23)16-6-5-13(14(11-29-3)8-18(27)28)7-17(16)26-15-9-24-12(2)25-10-15/h5-7,9-10,14,19,26H,4,8,11H2,1-3H3,(H,27,28)/t14?,19-/m1/s1. The van der Waals surface area contributed by atoms with Crippen LogP contribution in [0, 0.1) is 6.92 Å². The summed E-state index contributed by atoms with van der Waals surface area (Å²) in [6.07, 6.45) is -4.11. The van der Waals surface area contributed by atoms with Gasteiger partial charge >= 0.3 is 12.1 Å². The van der Waals surface area contributed by atoms with E-state index in [0.717, 1.165) is 0 Å². The van der Waals surface area contributed by atoms with E-state index in [-0.39, 0.29) is 30.9 Å². The third kappa shape index (κ3) is 6.39. The van der Waals surface area contributed by atoms with Crippen molar-refractivity contribution in [1.29, 1.82) is 0 Å². The van der Waals surface area contributed by atoms with Gasteiger partial charge in [-0.05, 0) is 25.5 Å². The summed E-state index contributed by atoms with van der Waals surface area (Å²) in [5.41, 5.74) is 0.913. The van der Waals surface area contributed by atoms with Crippen molar-refractivity contribution in [3.63, 3.8) is 0 Å². The third-order valence-corrected chi connectivity index (χ3v) is 4.31. The van der Waals surface area contributed by atoms with Crippen molar-refractivity contribution in [2.45, 2.75) is 38.5 Å². The summed E-state index contributed by atoms with van der Waals surface area (Å²) >= 11 is 0. The highest BCUT2D eigenvalue weighted by atomic mass is 19.4. The minimum absolute atomic E-state index is 0.104. The number of nitrogens with zero attached hydrogens (tertiary/aromatic N) is 2. The summed E-state index contributed by atoms with van der Waals surface area (Å²) in [5, 5.41) is 12.1. The number of carbonyl (C=O) groups is 1. The van der Waals surface area contributed by atoms with E-state index in [1.807, 2.05) is 0 Å². The number of carboxylic acids is 1. The number of aliphatic carboxylic acids is 1. The summed E-state index contributed by atoms with van der Waals surface area (Å²) in [5.74, 6) is -1.06. The molecular formula is C20H24F3N3O4. The van der Waals surface area contributed by atoms with Gasteiger partial charge in [0.25, 0.3) is 0 Å². The molecule has 0 fully saturated rings. The molecule has 0 aliphatic carbocycles. The van der Waals surface area contributed by atoms with Gasteiger partial charge in [-0.3, -0.25) is 4.79 Å². The van der Waals surface area contributed by atoms with Gasteiger partial charge in [0.15, 0.2) is 6.10 Å². The second kappa shape index (κ2) is 10.4. The van der Waals surface area contributed by atoms with E-state index < -0.39 is 24.2 Å². The Morgan fingerprint density at radius 1 is 1.27 bits per heavy atom. The van der Waals surface area contributed by atoms with Crippen LogP contribution in [-0.2, 0) is 14.3 Å². The van der Waals surface area contributed by atoms with E-state index >= 15 is 0 Å². The molecule has 0 saturated carbocycles. The number of aryl methyl sites for hydroxylation is 1. The molecule has 0 amide bonds. The number of methoxy groups -OCH3 is 1. The lowest BCUT2D eigenvalue weighted by molar-refractivity contribution is -0.222. The summed E-state index contributed by atoms with van der Waals surface area (Å²) in [6.45, 7) is 3.14. The number of anilines is 2. The van der Waals surface area contributed by atoms with E-state index in [0.29, 0.717) is 17.1 Å². The van der Waals surface area contributed by atoms with Crippen molar-refractivity contribution in [2.75, 3.05) is 25.6 Å². The number of halogens is 3. The molecule has 7 nitrogen and oxygen atoms in total. The van der Waals surface area contributed by atoms with Crippen molar-refractivity contribution in [2.24, 2.45) is 0 Å². The van der Waals surface area contributed by atoms with Crippen molar-refractivity contribution >= 4 is 17.3 Å². The third-order valence-electron chi connectivity index (χ3n) is 4.31. The van der Waals surface area contributed by atoms with Gasteiger partial charge in [-0.25, -0.2) is 9.97 Å². The highest BCUT2D eigenvalue weighted by Gasteiger charge is 2.43. The number of nitrogens with one attached hydrogen (secondary N) is 1. The second-order valence-corrected chi connectivity index (χ2v) is 6.62. The van der Waals surface area contributed by atoms with E-state index in [2.05, 4.69) is 15.3 Å². The maximum Gasteiger partial charge on any atom is 0.418 e. The average molecular weight is 427 g/mol. The summed E-state index contributed by atoms with van der Waals surface area (Å²) in [7, 11) is 1.43. The van der Waals surface area contributed by atoms with Crippen molar-refractivity contribution in [3.05, 3.63) is 47.5 Å². The van der Waals surface area contributed by atoms with E-state index in [1.54, 1.807) is 6.92 Å². The number of carboxylic acid groups (broad SMARTS) is 1. The predicted molar refractivity (Wildman–Crippen MR) is 104 cm³/mol. The molecular weight excluding hydrogens is 403 g/mol. The van der Waals surface area contributed by atoms with Crippen LogP contribution in [0.3, 0.4) is 0 Å². The molecule has 2 atom stereocenters. The van der Waals surface area contributed by atoms with Crippen molar-refractivity contribution in [1.82, 2.24) is 9.97 Å². The Morgan fingerprint density at radius 2 is 1.93 bits per heavy atom. The van der Waals surface area contributed by atoms with Crippen LogP contribution in [0.4, 0.5) is 24.5 Å². The smallest absolute Gasteiger partial charge is 0.418 e. The van der Waals surface area contributed by atoms with Crippen LogP contribution in [0.15, 0.2) is 30.6 Å². The topological polar surface area (TPSA) is 93.6 Å². The maximum atomic E-state index is 13.6. The zero-order valence-electron chi connectivity index (χ0n) is 16.9. The number of ether oxygens (including phenoxy) is 2. The Morgan fingerprint density at radius 3 is 2.47 bits per heavy atom. The van der Waals surface area contributed by atoms with Crippen LogP contribution >= 0.6 is 0 Å². The lowest BCUT2D eigenvalue weighted by Gasteiger charge is -2.25. The van der Waals surface area contributed by atoms with Gasteiger partial charge in [0.1, 0.15) is 5.82 Å². The van der Waals surface area contributed by atoms with Gasteiger partial charge in [0.05, 0.1) is 31.1 Å². The maximum absolute atomic E-state index is 13.6. The highest BCUT2D eigenvalue weighted by Crippen LogP contribution is 2.41. The molecule has 2 rings (SSSR count). The largest absolute Gasteiger partial charge is 0.481 e. The second-order valence-electron chi connectivity index (χ2n) is 6.62. The molecule has 1 heterocycles. The summed E-state index contributed by atoms with van der Waals surface area (Å²) < 4.78 is 51.0. The highest BCUT2D eigenvalue weighted by molar-refractivity contribution is 5.69. The van der Waals surface area contributed by atoms with Crippen LogP contribution in [0.25, 0.3) is 0 Å². The normalized spacial score (nSPS) is 13.7. The first-order chi connectivity index (χ1) is 14.2. The Labute approximate surface area is 172 Å². The Balaban J connectivity index is 2.54. The minimum Gasteiger partial charge on any atom is -0.481 e. The molecule has 164 valence electrons. The van der Waals surface area contributed by atoms with Crippen molar-refractivity contribution in [3.8, 4) is 0 Å². The van der Waals surface area contributed by atoms with Crippen LogP contribution < -0.4 is 5.32 Å². The van der Waals surface area contributed by atoms with E-state index in [1.165, 1.54) is 44.6 Å². The molecule has 2 N–H and O–H groups in total. The Hall–Kier alpha value is -2.72. The Bertz CT molecular complexity index is 844.